The van der Waals surface area contributed by atoms with Gasteiger partial charge < -0.3 is 29.9 Å². The van der Waals surface area contributed by atoms with E-state index in [-0.39, 0.29) is 19.0 Å². The zero-order valence-electron chi connectivity index (χ0n) is 15.7. The molecule has 0 spiro atoms. The van der Waals surface area contributed by atoms with Gasteiger partial charge in [-0.15, -0.1) is 0 Å². The number of hydrogen-bond donors (Lipinski definition) is 4. The quantitative estimate of drug-likeness (QED) is 0.367. The Kier molecular flexibility index (Phi) is 11.9. The van der Waals surface area contributed by atoms with Crippen molar-refractivity contribution in [2.24, 2.45) is 0 Å². The highest BCUT2D eigenvalue weighted by Gasteiger charge is 2.13. The molecule has 0 aromatic heterocycles. The van der Waals surface area contributed by atoms with E-state index in [1.54, 1.807) is 30.4 Å². The summed E-state index contributed by atoms with van der Waals surface area (Å²) in [6, 6.07) is 5.49. The number of rotatable bonds is 13. The van der Waals surface area contributed by atoms with E-state index in [1.807, 2.05) is 0 Å². The maximum atomic E-state index is 12.8. The fraction of sp³-hybridized carbons (Fsp3) is 0.286. The molecule has 0 bridgehead atoms. The van der Waals surface area contributed by atoms with E-state index in [0.717, 1.165) is 0 Å². The standard InChI is InChI=1S/C21H25FO7/c22-16-9-11-18(12-10-16)29-13-17(23)7-5-3-1-2-4-6-8-19(24)20(25)14-28-15-21(26)27/h1-12,17,19-20,23-25H,13-15H2,(H,26,27)/t17?,19-,20+/m1/s1. The molecule has 4 N–H and O–H groups in total. The molecular weight excluding hydrogens is 383 g/mol. The molecule has 1 aromatic carbocycles. The summed E-state index contributed by atoms with van der Waals surface area (Å²) in [6.45, 7) is -0.802. The Bertz CT molecular complexity index is 710. The van der Waals surface area contributed by atoms with Crippen LogP contribution in [0, 0.1) is 5.82 Å². The molecule has 0 saturated carbocycles. The van der Waals surface area contributed by atoms with Gasteiger partial charge in [-0.25, -0.2) is 9.18 Å². The number of carboxylic acid groups (broad SMARTS) is 1. The molecule has 3 atom stereocenters. The first kappa shape index (κ1) is 24.3. The molecule has 0 radical (unpaired) electrons. The van der Waals surface area contributed by atoms with E-state index in [0.29, 0.717) is 5.75 Å². The first-order valence-corrected chi connectivity index (χ1v) is 8.79. The summed E-state index contributed by atoms with van der Waals surface area (Å²) in [6.07, 6.45) is 9.43. The van der Waals surface area contributed by atoms with Crippen LogP contribution in [0.15, 0.2) is 72.9 Å². The van der Waals surface area contributed by atoms with Crippen molar-refractivity contribution < 1.29 is 39.1 Å². The van der Waals surface area contributed by atoms with Crippen LogP contribution >= 0.6 is 0 Å². The van der Waals surface area contributed by atoms with Gasteiger partial charge in [0.05, 0.1) is 6.61 Å². The number of carboxylic acids is 1. The monoisotopic (exact) mass is 408 g/mol. The van der Waals surface area contributed by atoms with Gasteiger partial charge in [0.25, 0.3) is 0 Å². The fourth-order valence-electron chi connectivity index (χ4n) is 1.89. The molecule has 0 amide bonds. The van der Waals surface area contributed by atoms with Crippen LogP contribution in [0.1, 0.15) is 0 Å². The summed E-state index contributed by atoms with van der Waals surface area (Å²) < 4.78 is 22.8. The van der Waals surface area contributed by atoms with E-state index >= 15 is 0 Å². The molecule has 29 heavy (non-hydrogen) atoms. The highest BCUT2D eigenvalue weighted by molar-refractivity contribution is 5.67. The summed E-state index contributed by atoms with van der Waals surface area (Å²) in [5.74, 6) is -1.05. The smallest absolute Gasteiger partial charge is 0.329 e. The van der Waals surface area contributed by atoms with Crippen molar-refractivity contribution in [2.45, 2.75) is 18.3 Å². The first-order valence-electron chi connectivity index (χ1n) is 8.79. The van der Waals surface area contributed by atoms with Crippen molar-refractivity contribution >= 4 is 5.97 Å². The van der Waals surface area contributed by atoms with Crippen LogP contribution < -0.4 is 4.74 Å². The summed E-state index contributed by atoms with van der Waals surface area (Å²) >= 11 is 0. The van der Waals surface area contributed by atoms with Crippen molar-refractivity contribution in [3.63, 3.8) is 0 Å². The topological polar surface area (TPSA) is 116 Å². The van der Waals surface area contributed by atoms with Crippen molar-refractivity contribution in [1.29, 1.82) is 0 Å². The van der Waals surface area contributed by atoms with Crippen LogP contribution in [-0.4, -0.2) is 64.5 Å². The predicted octanol–water partition coefficient (Wildman–Crippen LogP) is 1.61. The minimum atomic E-state index is -1.23. The van der Waals surface area contributed by atoms with E-state index in [2.05, 4.69) is 0 Å². The molecular formula is C21H25FO7. The first-order chi connectivity index (χ1) is 13.9. The van der Waals surface area contributed by atoms with Crippen LogP contribution in [0.4, 0.5) is 4.39 Å². The Hall–Kier alpha value is -2.78. The van der Waals surface area contributed by atoms with Crippen molar-refractivity contribution in [1.82, 2.24) is 0 Å². The molecule has 1 unspecified atom stereocenters. The fourth-order valence-corrected chi connectivity index (χ4v) is 1.89. The van der Waals surface area contributed by atoms with E-state index < -0.39 is 30.9 Å². The van der Waals surface area contributed by atoms with E-state index in [9.17, 15) is 24.5 Å². The largest absolute Gasteiger partial charge is 0.491 e. The molecule has 1 rings (SSSR count). The SMILES string of the molecule is O=C(O)COC[C@H](O)[C@H](O)C=CC=CC=CC=CC(O)COc1ccc(F)cc1. The predicted molar refractivity (Wildman–Crippen MR) is 105 cm³/mol. The number of aliphatic hydroxyl groups is 3. The normalized spacial score (nSPS) is 15.4. The Labute approximate surface area is 168 Å². The van der Waals surface area contributed by atoms with Gasteiger partial charge in [-0.1, -0.05) is 48.6 Å². The van der Waals surface area contributed by atoms with Gasteiger partial charge in [-0.05, 0) is 24.3 Å². The average molecular weight is 408 g/mol. The Morgan fingerprint density at radius 3 is 2.14 bits per heavy atom. The van der Waals surface area contributed by atoms with Crippen molar-refractivity contribution in [3.8, 4) is 5.75 Å². The molecule has 0 saturated heterocycles. The Morgan fingerprint density at radius 2 is 1.52 bits per heavy atom. The maximum Gasteiger partial charge on any atom is 0.329 e. The lowest BCUT2D eigenvalue weighted by Crippen LogP contribution is -2.29. The van der Waals surface area contributed by atoms with E-state index in [4.69, 9.17) is 14.6 Å². The van der Waals surface area contributed by atoms with Gasteiger partial charge >= 0.3 is 5.97 Å². The molecule has 158 valence electrons. The molecule has 0 heterocycles. The lowest BCUT2D eigenvalue weighted by molar-refractivity contribution is -0.143. The second-order valence-corrected chi connectivity index (χ2v) is 5.84. The lowest BCUT2D eigenvalue weighted by Gasteiger charge is -2.13. The van der Waals surface area contributed by atoms with Crippen LogP contribution in [0.5, 0.6) is 5.75 Å². The Morgan fingerprint density at radius 1 is 0.931 bits per heavy atom. The molecule has 7 nitrogen and oxygen atoms in total. The van der Waals surface area contributed by atoms with Gasteiger partial charge in [0, 0.05) is 0 Å². The van der Waals surface area contributed by atoms with Gasteiger partial charge in [0.2, 0.25) is 0 Å². The minimum Gasteiger partial charge on any atom is -0.491 e. The maximum absolute atomic E-state index is 12.8. The van der Waals surface area contributed by atoms with Crippen molar-refractivity contribution in [3.05, 3.63) is 78.7 Å². The molecule has 0 aliphatic rings. The van der Waals surface area contributed by atoms with Crippen LogP contribution in [0.25, 0.3) is 0 Å². The third-order valence-corrected chi connectivity index (χ3v) is 3.34. The third kappa shape index (κ3) is 12.3. The van der Waals surface area contributed by atoms with Gasteiger partial charge in [-0.2, -0.15) is 0 Å². The van der Waals surface area contributed by atoms with Crippen LogP contribution in [0.3, 0.4) is 0 Å². The molecule has 0 aliphatic heterocycles. The summed E-state index contributed by atoms with van der Waals surface area (Å²) in [5.41, 5.74) is 0. The lowest BCUT2D eigenvalue weighted by atomic mass is 10.2. The highest BCUT2D eigenvalue weighted by Crippen LogP contribution is 2.11. The van der Waals surface area contributed by atoms with Gasteiger partial charge in [-0.3, -0.25) is 0 Å². The second kappa shape index (κ2) is 14.3. The zero-order valence-corrected chi connectivity index (χ0v) is 15.7. The highest BCUT2D eigenvalue weighted by atomic mass is 19.1. The van der Waals surface area contributed by atoms with E-state index in [1.165, 1.54) is 42.5 Å². The number of aliphatic hydroxyl groups excluding tert-OH is 3. The summed E-state index contributed by atoms with van der Waals surface area (Å²) in [5, 5.41) is 37.4. The van der Waals surface area contributed by atoms with Crippen molar-refractivity contribution in [2.75, 3.05) is 19.8 Å². The third-order valence-electron chi connectivity index (χ3n) is 3.34. The van der Waals surface area contributed by atoms with Gasteiger partial charge in [0.1, 0.15) is 43.1 Å². The summed E-state index contributed by atoms with van der Waals surface area (Å²) in [4.78, 5) is 10.3. The minimum absolute atomic E-state index is 0.0327. The molecule has 0 fully saturated rings. The van der Waals surface area contributed by atoms with Crippen LogP contribution in [-0.2, 0) is 9.53 Å². The molecule has 8 heteroatoms. The molecule has 1 aromatic rings. The number of carbonyl (C=O) groups is 1. The molecule has 0 aliphatic carbocycles. The van der Waals surface area contributed by atoms with Crippen LogP contribution in [0.2, 0.25) is 0 Å². The number of aliphatic carboxylic acids is 1. The number of hydrogen-bond acceptors (Lipinski definition) is 6. The average Bonchev–Trinajstić information content (AvgIpc) is 2.69. The Balaban J connectivity index is 2.24. The summed E-state index contributed by atoms with van der Waals surface area (Å²) in [7, 11) is 0. The van der Waals surface area contributed by atoms with Gasteiger partial charge in [0.15, 0.2) is 0 Å². The second-order valence-electron chi connectivity index (χ2n) is 5.84. The number of ether oxygens (including phenoxy) is 2. The number of benzene rings is 1. The zero-order chi connectivity index (χ0) is 21.5. The number of halogens is 1. The number of allylic oxidation sites excluding steroid dienone is 6.